The van der Waals surface area contributed by atoms with Gasteiger partial charge in [-0.05, 0) is 49.2 Å². The summed E-state index contributed by atoms with van der Waals surface area (Å²) in [6.07, 6.45) is 1.81. The normalized spacial score (nSPS) is 12.9. The molecule has 2 amide bonds. The quantitative estimate of drug-likeness (QED) is 0.237. The highest BCUT2D eigenvalue weighted by atomic mass is 35.5. The molecule has 0 aliphatic heterocycles. The van der Waals surface area contributed by atoms with E-state index in [1.807, 2.05) is 44.2 Å². The van der Waals surface area contributed by atoms with Gasteiger partial charge in [-0.1, -0.05) is 89.7 Å². The van der Waals surface area contributed by atoms with Gasteiger partial charge in [-0.15, -0.1) is 0 Å². The highest BCUT2D eigenvalue weighted by molar-refractivity contribution is 7.92. The smallest absolute Gasteiger partial charge is 0.244 e. The third kappa shape index (κ3) is 9.00. The minimum Gasteiger partial charge on any atom is -0.352 e. The molecule has 12 heteroatoms. The fourth-order valence-corrected chi connectivity index (χ4v) is 6.07. The molecule has 0 spiro atoms. The molecule has 3 rings (SSSR count). The second-order valence-corrected chi connectivity index (χ2v) is 13.2. The first kappa shape index (κ1) is 33.0. The summed E-state index contributed by atoms with van der Waals surface area (Å²) in [6.45, 7) is 3.02. The molecule has 0 aromatic heterocycles. The molecule has 1 N–H and O–H groups in total. The van der Waals surface area contributed by atoms with Crippen molar-refractivity contribution in [2.24, 2.45) is 0 Å². The number of hydrogen-bond acceptors (Lipinski definition) is 4. The first-order chi connectivity index (χ1) is 19.3. The lowest BCUT2D eigenvalue weighted by Gasteiger charge is -2.34. The molecule has 0 heterocycles. The minimum atomic E-state index is -3.99. The van der Waals surface area contributed by atoms with Crippen molar-refractivity contribution in [2.75, 3.05) is 17.1 Å². The van der Waals surface area contributed by atoms with Gasteiger partial charge in [-0.2, -0.15) is 0 Å². The number of sulfonamides is 1. The molecule has 3 aromatic carbocycles. The fraction of sp³-hybridized carbons (Fsp3) is 0.310. The molecule has 0 saturated carbocycles. The van der Waals surface area contributed by atoms with Crippen molar-refractivity contribution in [2.45, 2.75) is 45.3 Å². The number of benzene rings is 3. The van der Waals surface area contributed by atoms with Gasteiger partial charge in [0.2, 0.25) is 21.8 Å². The first-order valence-corrected chi connectivity index (χ1v) is 16.2. The molecule has 0 aliphatic carbocycles. The highest BCUT2D eigenvalue weighted by Gasteiger charge is 2.34. The molecule has 2 atom stereocenters. The number of hydrogen-bond donors (Lipinski definition) is 1. The van der Waals surface area contributed by atoms with Crippen LogP contribution in [0.5, 0.6) is 0 Å². The van der Waals surface area contributed by atoms with E-state index in [1.54, 1.807) is 18.2 Å². The van der Waals surface area contributed by atoms with E-state index in [9.17, 15) is 18.0 Å². The predicted molar refractivity (Wildman–Crippen MR) is 167 cm³/mol. The molecule has 0 radical (unpaired) electrons. The monoisotopic (exact) mass is 657 g/mol. The maximum atomic E-state index is 14.2. The van der Waals surface area contributed by atoms with Crippen molar-refractivity contribution in [3.8, 4) is 0 Å². The zero-order valence-electron chi connectivity index (χ0n) is 22.8. The molecule has 2 unspecified atom stereocenters. The van der Waals surface area contributed by atoms with Crippen LogP contribution in [0.4, 0.5) is 5.69 Å². The van der Waals surface area contributed by atoms with Gasteiger partial charge < -0.3 is 10.2 Å². The topological polar surface area (TPSA) is 86.8 Å². The van der Waals surface area contributed by atoms with Crippen LogP contribution >= 0.6 is 46.4 Å². The fourth-order valence-electron chi connectivity index (χ4n) is 4.13. The third-order valence-electron chi connectivity index (χ3n) is 6.52. The van der Waals surface area contributed by atoms with Crippen LogP contribution in [-0.2, 0) is 32.6 Å². The Morgan fingerprint density at radius 2 is 1.54 bits per heavy atom. The Morgan fingerprint density at radius 3 is 2.10 bits per heavy atom. The third-order valence-corrected chi connectivity index (χ3v) is 8.89. The van der Waals surface area contributed by atoms with Crippen LogP contribution in [0.25, 0.3) is 0 Å². The van der Waals surface area contributed by atoms with Crippen LogP contribution in [0.1, 0.15) is 31.4 Å². The van der Waals surface area contributed by atoms with Crippen molar-refractivity contribution >= 4 is 73.9 Å². The highest BCUT2D eigenvalue weighted by Crippen LogP contribution is 2.31. The zero-order valence-corrected chi connectivity index (χ0v) is 26.6. The Hall–Kier alpha value is -2.49. The van der Waals surface area contributed by atoms with Gasteiger partial charge in [0.15, 0.2) is 0 Å². The molecular formula is C29H31Cl4N3O4S. The van der Waals surface area contributed by atoms with Gasteiger partial charge in [-0.25, -0.2) is 8.42 Å². The summed E-state index contributed by atoms with van der Waals surface area (Å²) >= 11 is 25.3. The molecule has 3 aromatic rings. The Balaban J connectivity index is 2.13. The zero-order chi connectivity index (χ0) is 30.3. The van der Waals surface area contributed by atoms with Crippen LogP contribution < -0.4 is 9.62 Å². The molecule has 220 valence electrons. The number of anilines is 1. The Labute approximate surface area is 261 Å². The van der Waals surface area contributed by atoms with Gasteiger partial charge in [-0.3, -0.25) is 13.9 Å². The van der Waals surface area contributed by atoms with Crippen LogP contribution in [-0.4, -0.2) is 50.0 Å². The lowest BCUT2D eigenvalue weighted by Crippen LogP contribution is -2.54. The van der Waals surface area contributed by atoms with E-state index in [1.165, 1.54) is 23.1 Å². The van der Waals surface area contributed by atoms with Gasteiger partial charge in [0, 0.05) is 39.6 Å². The van der Waals surface area contributed by atoms with E-state index in [2.05, 4.69) is 5.32 Å². The number of rotatable bonds is 12. The standard InChI is InChI=1S/C29H31Cl4N3O4S/c1-4-19(2)34-29(38)27(15-20-9-6-5-7-10-20)35(17-22-23(31)11-8-12-24(22)32)28(37)18-36(41(3,39)40)26-14-13-21(30)16-25(26)33/h5-14,16,19,27H,4,15,17-18H2,1-3H3,(H,34,38). The maximum Gasteiger partial charge on any atom is 0.244 e. The minimum absolute atomic E-state index is 0.0479. The predicted octanol–water partition coefficient (Wildman–Crippen LogP) is 6.62. The summed E-state index contributed by atoms with van der Waals surface area (Å²) in [5.41, 5.74) is 1.31. The van der Waals surface area contributed by atoms with Crippen molar-refractivity contribution in [1.29, 1.82) is 0 Å². The lowest BCUT2D eigenvalue weighted by molar-refractivity contribution is -0.140. The molecule has 0 bridgehead atoms. The van der Waals surface area contributed by atoms with Gasteiger partial charge in [0.05, 0.1) is 17.0 Å². The number of halogens is 4. The molecular weight excluding hydrogens is 628 g/mol. The van der Waals surface area contributed by atoms with Crippen LogP contribution in [0.3, 0.4) is 0 Å². The van der Waals surface area contributed by atoms with Gasteiger partial charge in [0.1, 0.15) is 12.6 Å². The van der Waals surface area contributed by atoms with Crippen LogP contribution in [0.2, 0.25) is 20.1 Å². The summed E-state index contributed by atoms with van der Waals surface area (Å²) in [4.78, 5) is 29.2. The summed E-state index contributed by atoms with van der Waals surface area (Å²) in [5.74, 6) is -1.05. The molecule has 7 nitrogen and oxygen atoms in total. The van der Waals surface area contributed by atoms with Crippen molar-refractivity contribution in [1.82, 2.24) is 10.2 Å². The second-order valence-electron chi connectivity index (χ2n) is 9.61. The summed E-state index contributed by atoms with van der Waals surface area (Å²) in [5, 5.41) is 3.92. The van der Waals surface area contributed by atoms with Crippen LogP contribution in [0.15, 0.2) is 66.7 Å². The van der Waals surface area contributed by atoms with E-state index in [-0.39, 0.29) is 29.7 Å². The van der Waals surface area contributed by atoms with Crippen LogP contribution in [0, 0.1) is 0 Å². The SMILES string of the molecule is CCC(C)NC(=O)C(Cc1ccccc1)N(Cc1c(Cl)cccc1Cl)C(=O)CN(c1ccc(Cl)cc1Cl)S(C)(=O)=O. The summed E-state index contributed by atoms with van der Waals surface area (Å²) in [7, 11) is -3.99. The second kappa shape index (κ2) is 14.6. The number of nitrogens with zero attached hydrogens (tertiary/aromatic N) is 2. The first-order valence-electron chi connectivity index (χ1n) is 12.8. The van der Waals surface area contributed by atoms with E-state index < -0.39 is 34.4 Å². The average molecular weight is 659 g/mol. The lowest BCUT2D eigenvalue weighted by atomic mass is 10.0. The number of amides is 2. The van der Waals surface area contributed by atoms with E-state index in [0.29, 0.717) is 27.1 Å². The van der Waals surface area contributed by atoms with Crippen molar-refractivity contribution in [3.63, 3.8) is 0 Å². The van der Waals surface area contributed by atoms with E-state index in [0.717, 1.165) is 16.1 Å². The van der Waals surface area contributed by atoms with Crippen molar-refractivity contribution in [3.05, 3.63) is 97.9 Å². The maximum absolute atomic E-state index is 14.2. The molecule has 41 heavy (non-hydrogen) atoms. The molecule has 0 saturated heterocycles. The average Bonchev–Trinajstić information content (AvgIpc) is 2.90. The van der Waals surface area contributed by atoms with Gasteiger partial charge in [0.25, 0.3) is 0 Å². The van der Waals surface area contributed by atoms with Gasteiger partial charge >= 0.3 is 0 Å². The summed E-state index contributed by atoms with van der Waals surface area (Å²) < 4.78 is 26.7. The Morgan fingerprint density at radius 1 is 0.902 bits per heavy atom. The van der Waals surface area contributed by atoms with E-state index >= 15 is 0 Å². The number of nitrogens with one attached hydrogen (secondary N) is 1. The largest absolute Gasteiger partial charge is 0.352 e. The Bertz CT molecular complexity index is 1470. The number of carbonyl (C=O) groups excluding carboxylic acids is 2. The number of carbonyl (C=O) groups is 2. The molecule has 0 fully saturated rings. The molecule has 0 aliphatic rings. The van der Waals surface area contributed by atoms with E-state index in [4.69, 9.17) is 46.4 Å². The summed E-state index contributed by atoms with van der Waals surface area (Å²) in [6, 6.07) is 17.3. The Kier molecular flexibility index (Phi) is 11.8. The van der Waals surface area contributed by atoms with Crippen molar-refractivity contribution < 1.29 is 18.0 Å².